The lowest BCUT2D eigenvalue weighted by molar-refractivity contribution is 0.521. The van der Waals surface area contributed by atoms with E-state index in [9.17, 15) is 8.42 Å². The van der Waals surface area contributed by atoms with Crippen LogP contribution < -0.4 is 5.32 Å². The molecule has 114 valence electrons. The lowest BCUT2D eigenvalue weighted by atomic mass is 10.2. The number of anilines is 1. The Morgan fingerprint density at radius 2 is 1.85 bits per heavy atom. The average Bonchev–Trinajstić information content (AvgIpc) is 2.43. The number of rotatable bonds is 9. The summed E-state index contributed by atoms with van der Waals surface area (Å²) in [5.41, 5.74) is 0.686. The van der Waals surface area contributed by atoms with Crippen molar-refractivity contribution >= 4 is 27.5 Å². The minimum absolute atomic E-state index is 0.342. The second kappa shape index (κ2) is 8.54. The summed E-state index contributed by atoms with van der Waals surface area (Å²) in [4.78, 5) is 0.342. The minimum atomic E-state index is -3.39. The van der Waals surface area contributed by atoms with Gasteiger partial charge in [0.2, 0.25) is 10.0 Å². The number of hydrogen-bond donors (Lipinski definition) is 1. The van der Waals surface area contributed by atoms with Crippen LogP contribution in [0.4, 0.5) is 5.69 Å². The van der Waals surface area contributed by atoms with Gasteiger partial charge in [-0.25, -0.2) is 12.7 Å². The van der Waals surface area contributed by atoms with Crippen molar-refractivity contribution in [3.8, 4) is 0 Å². The first-order valence-corrected chi connectivity index (χ1v) is 9.58. The second-order valence-corrected chi connectivity index (χ2v) is 7.87. The highest BCUT2D eigenvalue weighted by Crippen LogP contribution is 2.23. The molecular formula is C14H24N2O2S2. The van der Waals surface area contributed by atoms with Crippen LogP contribution in [0.25, 0.3) is 0 Å². The molecule has 4 nitrogen and oxygen atoms in total. The highest BCUT2D eigenvalue weighted by molar-refractivity contribution is 7.98. The Balaban J connectivity index is 2.63. The lowest BCUT2D eigenvalue weighted by Crippen LogP contribution is -2.23. The van der Waals surface area contributed by atoms with Gasteiger partial charge in [-0.3, -0.25) is 0 Å². The summed E-state index contributed by atoms with van der Waals surface area (Å²) < 4.78 is 25.7. The normalized spacial score (nSPS) is 11.8. The number of para-hydroxylation sites is 1. The number of thioether (sulfide) groups is 1. The van der Waals surface area contributed by atoms with Gasteiger partial charge < -0.3 is 5.32 Å². The highest BCUT2D eigenvalue weighted by atomic mass is 32.2. The fourth-order valence-electron chi connectivity index (χ4n) is 1.81. The third-order valence-electron chi connectivity index (χ3n) is 2.99. The van der Waals surface area contributed by atoms with Crippen LogP contribution in [-0.4, -0.2) is 45.4 Å². The van der Waals surface area contributed by atoms with Gasteiger partial charge in [0.25, 0.3) is 0 Å². The molecule has 0 atom stereocenters. The fraction of sp³-hybridized carbons (Fsp3) is 0.571. The van der Waals surface area contributed by atoms with Crippen LogP contribution in [-0.2, 0) is 10.0 Å². The van der Waals surface area contributed by atoms with Gasteiger partial charge in [-0.2, -0.15) is 11.8 Å². The Kier molecular flexibility index (Phi) is 7.40. The van der Waals surface area contributed by atoms with Crippen molar-refractivity contribution < 1.29 is 8.42 Å². The van der Waals surface area contributed by atoms with Crippen molar-refractivity contribution in [1.29, 1.82) is 0 Å². The van der Waals surface area contributed by atoms with E-state index in [1.807, 2.05) is 23.9 Å². The first kappa shape index (κ1) is 17.3. The van der Waals surface area contributed by atoms with E-state index in [4.69, 9.17) is 0 Å². The van der Waals surface area contributed by atoms with Gasteiger partial charge in [0.1, 0.15) is 4.90 Å². The van der Waals surface area contributed by atoms with Crippen LogP contribution in [0.2, 0.25) is 0 Å². The summed E-state index contributed by atoms with van der Waals surface area (Å²) in [6.45, 7) is 0.800. The van der Waals surface area contributed by atoms with Gasteiger partial charge in [-0.05, 0) is 37.0 Å². The van der Waals surface area contributed by atoms with E-state index in [2.05, 4.69) is 11.6 Å². The molecule has 0 fully saturated rings. The molecule has 0 aromatic heterocycles. The zero-order valence-corrected chi connectivity index (χ0v) is 14.1. The number of nitrogens with zero attached hydrogens (tertiary/aromatic N) is 1. The molecule has 0 heterocycles. The zero-order valence-electron chi connectivity index (χ0n) is 12.4. The first-order chi connectivity index (χ1) is 9.50. The van der Waals surface area contributed by atoms with E-state index in [0.29, 0.717) is 10.6 Å². The van der Waals surface area contributed by atoms with Crippen LogP contribution in [0.3, 0.4) is 0 Å². The Morgan fingerprint density at radius 3 is 2.50 bits per heavy atom. The average molecular weight is 316 g/mol. The topological polar surface area (TPSA) is 49.4 Å². The number of benzene rings is 1. The number of nitrogens with one attached hydrogen (secondary N) is 1. The lowest BCUT2D eigenvalue weighted by Gasteiger charge is -2.16. The summed E-state index contributed by atoms with van der Waals surface area (Å²) in [6, 6.07) is 7.06. The Hall–Kier alpha value is -0.720. The van der Waals surface area contributed by atoms with Gasteiger partial charge in [0, 0.05) is 20.6 Å². The van der Waals surface area contributed by atoms with Crippen molar-refractivity contribution in [2.75, 3.05) is 38.0 Å². The Labute approximate surface area is 127 Å². The molecule has 6 heteroatoms. The molecule has 0 aliphatic carbocycles. The molecule has 0 unspecified atom stereocenters. The zero-order chi connectivity index (χ0) is 15.0. The second-order valence-electron chi connectivity index (χ2n) is 4.76. The quantitative estimate of drug-likeness (QED) is 0.712. The molecule has 1 aromatic rings. The van der Waals surface area contributed by atoms with E-state index in [0.717, 1.165) is 19.4 Å². The number of sulfonamides is 1. The van der Waals surface area contributed by atoms with Crippen molar-refractivity contribution in [3.05, 3.63) is 24.3 Å². The minimum Gasteiger partial charge on any atom is -0.384 e. The molecule has 1 rings (SSSR count). The van der Waals surface area contributed by atoms with Crippen LogP contribution in [0.1, 0.15) is 19.3 Å². The van der Waals surface area contributed by atoms with E-state index in [1.54, 1.807) is 26.2 Å². The van der Waals surface area contributed by atoms with E-state index < -0.39 is 10.0 Å². The maximum absolute atomic E-state index is 12.2. The third kappa shape index (κ3) is 5.00. The molecule has 0 aliphatic rings. The maximum atomic E-state index is 12.2. The maximum Gasteiger partial charge on any atom is 0.244 e. The third-order valence-corrected chi connectivity index (χ3v) is 5.56. The van der Waals surface area contributed by atoms with Crippen molar-refractivity contribution in [2.45, 2.75) is 24.2 Å². The highest BCUT2D eigenvalue weighted by Gasteiger charge is 2.20. The summed E-state index contributed by atoms with van der Waals surface area (Å²) >= 11 is 1.86. The fourth-order valence-corrected chi connectivity index (χ4v) is 3.36. The first-order valence-electron chi connectivity index (χ1n) is 6.74. The van der Waals surface area contributed by atoms with Crippen molar-refractivity contribution in [2.24, 2.45) is 0 Å². The Bertz CT molecular complexity index is 502. The van der Waals surface area contributed by atoms with Gasteiger partial charge in [0.05, 0.1) is 5.69 Å². The molecule has 0 radical (unpaired) electrons. The van der Waals surface area contributed by atoms with Gasteiger partial charge >= 0.3 is 0 Å². The molecule has 1 aromatic carbocycles. The standard InChI is InChI=1S/C14H24N2O2S2/c1-16(2)20(17,18)14-10-6-5-9-13(14)15-11-7-4-8-12-19-3/h5-6,9-10,15H,4,7-8,11-12H2,1-3H3. The van der Waals surface area contributed by atoms with Crippen LogP contribution >= 0.6 is 11.8 Å². The van der Waals surface area contributed by atoms with E-state index in [-0.39, 0.29) is 0 Å². The van der Waals surface area contributed by atoms with Crippen molar-refractivity contribution in [1.82, 2.24) is 4.31 Å². The van der Waals surface area contributed by atoms with E-state index in [1.165, 1.54) is 16.5 Å². The van der Waals surface area contributed by atoms with Gasteiger partial charge in [0.15, 0.2) is 0 Å². The predicted molar refractivity (Wildman–Crippen MR) is 88.0 cm³/mol. The molecule has 0 spiro atoms. The van der Waals surface area contributed by atoms with Gasteiger partial charge in [-0.15, -0.1) is 0 Å². The molecular weight excluding hydrogens is 292 g/mol. The van der Waals surface area contributed by atoms with Crippen LogP contribution in [0.15, 0.2) is 29.2 Å². The monoisotopic (exact) mass is 316 g/mol. The number of hydrogen-bond acceptors (Lipinski definition) is 4. The smallest absolute Gasteiger partial charge is 0.244 e. The SMILES string of the molecule is CSCCCCCNc1ccccc1S(=O)(=O)N(C)C. The van der Waals surface area contributed by atoms with E-state index >= 15 is 0 Å². The molecule has 0 bridgehead atoms. The molecule has 0 amide bonds. The largest absolute Gasteiger partial charge is 0.384 e. The summed E-state index contributed by atoms with van der Waals surface area (Å²) in [5.74, 6) is 1.19. The summed E-state index contributed by atoms with van der Waals surface area (Å²) in [5, 5.41) is 3.24. The summed E-state index contributed by atoms with van der Waals surface area (Å²) in [6.07, 6.45) is 5.54. The molecule has 1 N–H and O–H groups in total. The molecule has 20 heavy (non-hydrogen) atoms. The summed E-state index contributed by atoms with van der Waals surface area (Å²) in [7, 11) is -0.291. The predicted octanol–water partition coefficient (Wildman–Crippen LogP) is 2.88. The molecule has 0 saturated carbocycles. The number of unbranched alkanes of at least 4 members (excludes halogenated alkanes) is 2. The Morgan fingerprint density at radius 1 is 1.15 bits per heavy atom. The van der Waals surface area contributed by atoms with Crippen LogP contribution in [0, 0.1) is 0 Å². The molecule has 0 aliphatic heterocycles. The van der Waals surface area contributed by atoms with Crippen molar-refractivity contribution in [3.63, 3.8) is 0 Å². The molecule has 0 saturated heterocycles. The van der Waals surface area contributed by atoms with Gasteiger partial charge in [-0.1, -0.05) is 18.6 Å². The van der Waals surface area contributed by atoms with Crippen LogP contribution in [0.5, 0.6) is 0 Å².